The van der Waals surface area contributed by atoms with Gasteiger partial charge in [-0.3, -0.25) is 4.79 Å². The first-order valence-corrected chi connectivity index (χ1v) is 8.15. The summed E-state index contributed by atoms with van der Waals surface area (Å²) in [5.74, 6) is 0.223. The van der Waals surface area contributed by atoms with E-state index in [-0.39, 0.29) is 17.6 Å². The summed E-state index contributed by atoms with van der Waals surface area (Å²) in [6.45, 7) is 1.70. The molecule has 0 unspecified atom stereocenters. The van der Waals surface area contributed by atoms with E-state index >= 15 is 0 Å². The fourth-order valence-electron chi connectivity index (χ4n) is 2.93. The average molecular weight is 339 g/mol. The highest BCUT2D eigenvalue weighted by atomic mass is 19.1. The number of hydrogen-bond acceptors (Lipinski definition) is 5. The van der Waals surface area contributed by atoms with E-state index in [4.69, 9.17) is 5.26 Å². The van der Waals surface area contributed by atoms with Crippen LogP contribution in [0.3, 0.4) is 0 Å². The Kier molecular flexibility index (Phi) is 5.19. The Bertz CT molecular complexity index is 779. The highest BCUT2D eigenvalue weighted by molar-refractivity contribution is 5.79. The van der Waals surface area contributed by atoms with Crippen molar-refractivity contribution in [2.24, 2.45) is 5.92 Å². The first kappa shape index (κ1) is 16.8. The number of carbonyl (C=O) groups is 1. The number of amides is 1. The molecule has 0 radical (unpaired) electrons. The minimum atomic E-state index is -0.289. The molecule has 0 bridgehead atoms. The van der Waals surface area contributed by atoms with Crippen LogP contribution >= 0.6 is 0 Å². The third-order valence-electron chi connectivity index (χ3n) is 4.33. The zero-order valence-electron chi connectivity index (χ0n) is 13.7. The van der Waals surface area contributed by atoms with Crippen LogP contribution in [-0.4, -0.2) is 29.0 Å². The van der Waals surface area contributed by atoms with E-state index in [1.807, 2.05) is 11.0 Å². The van der Waals surface area contributed by atoms with Crippen molar-refractivity contribution in [2.45, 2.75) is 19.4 Å². The Labute approximate surface area is 145 Å². The lowest BCUT2D eigenvalue weighted by molar-refractivity contribution is -0.125. The third kappa shape index (κ3) is 4.10. The summed E-state index contributed by atoms with van der Waals surface area (Å²) < 4.78 is 12.9. The molecule has 1 aliphatic heterocycles. The van der Waals surface area contributed by atoms with E-state index in [9.17, 15) is 9.18 Å². The molecule has 25 heavy (non-hydrogen) atoms. The van der Waals surface area contributed by atoms with Crippen molar-refractivity contribution < 1.29 is 9.18 Å². The van der Waals surface area contributed by atoms with Crippen molar-refractivity contribution >= 4 is 11.7 Å². The van der Waals surface area contributed by atoms with E-state index in [1.165, 1.54) is 18.3 Å². The predicted octanol–water partition coefficient (Wildman–Crippen LogP) is 2.02. The molecule has 7 heteroatoms. The van der Waals surface area contributed by atoms with Crippen molar-refractivity contribution in [1.29, 1.82) is 5.26 Å². The van der Waals surface area contributed by atoms with Gasteiger partial charge in [0, 0.05) is 37.9 Å². The van der Waals surface area contributed by atoms with Crippen molar-refractivity contribution in [1.82, 2.24) is 15.3 Å². The zero-order chi connectivity index (χ0) is 17.6. The predicted molar refractivity (Wildman–Crippen MR) is 89.9 cm³/mol. The summed E-state index contributed by atoms with van der Waals surface area (Å²) in [6.07, 6.45) is 4.45. The zero-order valence-corrected chi connectivity index (χ0v) is 13.7. The number of hydrogen-bond donors (Lipinski definition) is 1. The monoisotopic (exact) mass is 339 g/mol. The van der Waals surface area contributed by atoms with Crippen molar-refractivity contribution in [3.05, 3.63) is 53.7 Å². The maximum Gasteiger partial charge on any atom is 0.223 e. The topological polar surface area (TPSA) is 81.9 Å². The molecular weight excluding hydrogens is 321 g/mol. The maximum absolute atomic E-state index is 12.9. The fraction of sp³-hybridized carbons (Fsp3) is 0.333. The van der Waals surface area contributed by atoms with Crippen molar-refractivity contribution in [2.75, 3.05) is 18.0 Å². The van der Waals surface area contributed by atoms with Crippen LogP contribution in [0.2, 0.25) is 0 Å². The summed E-state index contributed by atoms with van der Waals surface area (Å²) in [4.78, 5) is 22.6. The second-order valence-corrected chi connectivity index (χ2v) is 5.95. The quantitative estimate of drug-likeness (QED) is 0.921. The Hall–Kier alpha value is -3.01. The molecule has 0 spiro atoms. The summed E-state index contributed by atoms with van der Waals surface area (Å²) >= 11 is 0. The van der Waals surface area contributed by atoms with E-state index < -0.39 is 0 Å². The molecule has 1 saturated heterocycles. The minimum Gasteiger partial charge on any atom is -0.354 e. The number of nitriles is 1. The highest BCUT2D eigenvalue weighted by Gasteiger charge is 2.26. The second kappa shape index (κ2) is 7.71. The van der Waals surface area contributed by atoms with Crippen LogP contribution in [0.1, 0.15) is 24.1 Å². The fourth-order valence-corrected chi connectivity index (χ4v) is 2.93. The van der Waals surface area contributed by atoms with Crippen molar-refractivity contribution in [3.8, 4) is 6.07 Å². The molecule has 1 fully saturated rings. The van der Waals surface area contributed by atoms with Gasteiger partial charge in [0.05, 0.1) is 0 Å². The van der Waals surface area contributed by atoms with Gasteiger partial charge in [-0.1, -0.05) is 12.1 Å². The lowest BCUT2D eigenvalue weighted by Gasteiger charge is -2.32. The minimum absolute atomic E-state index is 0.00336. The van der Waals surface area contributed by atoms with Gasteiger partial charge in [0.15, 0.2) is 11.5 Å². The van der Waals surface area contributed by atoms with Crippen LogP contribution in [0.25, 0.3) is 0 Å². The van der Waals surface area contributed by atoms with Gasteiger partial charge in [0.1, 0.15) is 11.9 Å². The third-order valence-corrected chi connectivity index (χ3v) is 4.33. The molecule has 0 saturated carbocycles. The summed E-state index contributed by atoms with van der Waals surface area (Å²) in [7, 11) is 0. The standard InChI is InChI=1S/C18H18FN5O/c19-15-3-1-13(2-4-15)12-23-18(25)14-5-9-24(10-6-14)17-16(11-20)21-7-8-22-17/h1-4,7-8,14H,5-6,9-10,12H2,(H,23,25). The van der Waals surface area contributed by atoms with Crippen LogP contribution in [0.4, 0.5) is 10.2 Å². The molecule has 1 aliphatic rings. The maximum atomic E-state index is 12.9. The van der Waals surface area contributed by atoms with Crippen LogP contribution in [-0.2, 0) is 11.3 Å². The van der Waals surface area contributed by atoms with Gasteiger partial charge in [0.2, 0.25) is 5.91 Å². The Morgan fingerprint density at radius 2 is 1.92 bits per heavy atom. The van der Waals surface area contributed by atoms with Gasteiger partial charge in [-0.05, 0) is 30.5 Å². The number of benzene rings is 1. The second-order valence-electron chi connectivity index (χ2n) is 5.95. The molecule has 128 valence electrons. The number of piperidine rings is 1. The number of carbonyl (C=O) groups excluding carboxylic acids is 1. The Morgan fingerprint density at radius 3 is 2.60 bits per heavy atom. The van der Waals surface area contributed by atoms with E-state index in [0.29, 0.717) is 44.0 Å². The van der Waals surface area contributed by atoms with Crippen LogP contribution in [0.15, 0.2) is 36.7 Å². The largest absolute Gasteiger partial charge is 0.354 e. The van der Waals surface area contributed by atoms with Gasteiger partial charge in [-0.25, -0.2) is 14.4 Å². The van der Waals surface area contributed by atoms with Gasteiger partial charge >= 0.3 is 0 Å². The Morgan fingerprint density at radius 1 is 1.24 bits per heavy atom. The molecule has 0 aliphatic carbocycles. The van der Waals surface area contributed by atoms with Gasteiger partial charge in [-0.2, -0.15) is 5.26 Å². The lowest BCUT2D eigenvalue weighted by atomic mass is 9.95. The van der Waals surface area contributed by atoms with Gasteiger partial charge in [0.25, 0.3) is 0 Å². The molecule has 1 amide bonds. The highest BCUT2D eigenvalue weighted by Crippen LogP contribution is 2.23. The van der Waals surface area contributed by atoms with Gasteiger partial charge < -0.3 is 10.2 Å². The number of anilines is 1. The SMILES string of the molecule is N#Cc1nccnc1N1CCC(C(=O)NCc2ccc(F)cc2)CC1. The summed E-state index contributed by atoms with van der Waals surface area (Å²) in [5.41, 5.74) is 1.17. The molecule has 6 nitrogen and oxygen atoms in total. The van der Waals surface area contributed by atoms with Crippen molar-refractivity contribution in [3.63, 3.8) is 0 Å². The number of nitrogens with one attached hydrogen (secondary N) is 1. The van der Waals surface area contributed by atoms with E-state index in [2.05, 4.69) is 15.3 Å². The average Bonchev–Trinajstić information content (AvgIpc) is 2.67. The lowest BCUT2D eigenvalue weighted by Crippen LogP contribution is -2.41. The molecule has 3 rings (SSSR count). The van der Waals surface area contributed by atoms with Crippen LogP contribution in [0, 0.1) is 23.1 Å². The molecular formula is C18H18FN5O. The van der Waals surface area contributed by atoms with Crippen LogP contribution < -0.4 is 10.2 Å². The molecule has 1 N–H and O–H groups in total. The summed E-state index contributed by atoms with van der Waals surface area (Å²) in [6, 6.07) is 8.14. The van der Waals surface area contributed by atoms with Gasteiger partial charge in [-0.15, -0.1) is 0 Å². The molecule has 0 atom stereocenters. The molecule has 1 aromatic heterocycles. The first-order chi connectivity index (χ1) is 12.2. The normalized spacial score (nSPS) is 14.8. The molecule has 2 aromatic rings. The first-order valence-electron chi connectivity index (χ1n) is 8.15. The smallest absolute Gasteiger partial charge is 0.223 e. The Balaban J connectivity index is 1.52. The van der Waals surface area contributed by atoms with E-state index in [1.54, 1.807) is 18.3 Å². The van der Waals surface area contributed by atoms with E-state index in [0.717, 1.165) is 5.56 Å². The number of rotatable bonds is 4. The number of nitrogens with zero attached hydrogens (tertiary/aromatic N) is 4. The molecule has 2 heterocycles. The number of halogens is 1. The molecule has 1 aromatic carbocycles. The summed E-state index contributed by atoms with van der Waals surface area (Å²) in [5, 5.41) is 12.0. The van der Waals surface area contributed by atoms with Crippen LogP contribution in [0.5, 0.6) is 0 Å². The number of aromatic nitrogens is 2.